The van der Waals surface area contributed by atoms with E-state index in [9.17, 15) is 4.39 Å². The van der Waals surface area contributed by atoms with Gasteiger partial charge in [0, 0.05) is 15.1 Å². The van der Waals surface area contributed by atoms with Gasteiger partial charge in [0.05, 0.1) is 0 Å². The molecule has 19 heavy (non-hydrogen) atoms. The number of hydrogen-bond donors (Lipinski definition) is 0. The van der Waals surface area contributed by atoms with Gasteiger partial charge < -0.3 is 4.74 Å². The van der Waals surface area contributed by atoms with Crippen molar-refractivity contribution in [2.24, 2.45) is 0 Å². The van der Waals surface area contributed by atoms with Gasteiger partial charge in [0.15, 0.2) is 0 Å². The highest BCUT2D eigenvalue weighted by Gasteiger charge is 2.05. The van der Waals surface area contributed by atoms with Gasteiger partial charge in [-0.25, -0.2) is 4.39 Å². The van der Waals surface area contributed by atoms with Crippen LogP contribution in [0.2, 0.25) is 5.02 Å². The van der Waals surface area contributed by atoms with Crippen molar-refractivity contribution in [3.63, 3.8) is 0 Å². The van der Waals surface area contributed by atoms with E-state index in [0.717, 1.165) is 17.0 Å². The Kier molecular flexibility index (Phi) is 4.83. The van der Waals surface area contributed by atoms with Crippen LogP contribution in [-0.2, 0) is 13.0 Å². The van der Waals surface area contributed by atoms with Crippen molar-refractivity contribution < 1.29 is 9.13 Å². The SMILES string of the molecule is CCc1cc(OCc2ccc(Br)cc2F)ccc1Cl. The molecule has 0 heterocycles. The third-order valence-electron chi connectivity index (χ3n) is 2.81. The Morgan fingerprint density at radius 3 is 2.63 bits per heavy atom. The van der Waals surface area contributed by atoms with Crippen LogP contribution in [0.5, 0.6) is 5.75 Å². The zero-order chi connectivity index (χ0) is 13.8. The quantitative estimate of drug-likeness (QED) is 0.724. The van der Waals surface area contributed by atoms with Gasteiger partial charge in [0.2, 0.25) is 0 Å². The summed E-state index contributed by atoms with van der Waals surface area (Å²) in [6.07, 6.45) is 0.836. The van der Waals surface area contributed by atoms with Crippen LogP contribution in [0.15, 0.2) is 40.9 Å². The normalized spacial score (nSPS) is 10.5. The first-order valence-corrected chi connectivity index (χ1v) is 7.12. The Labute approximate surface area is 125 Å². The fourth-order valence-corrected chi connectivity index (χ4v) is 2.30. The molecule has 2 aromatic rings. The minimum Gasteiger partial charge on any atom is -0.489 e. The molecule has 4 heteroatoms. The van der Waals surface area contributed by atoms with Crippen LogP contribution >= 0.6 is 27.5 Å². The number of ether oxygens (including phenoxy) is 1. The molecular formula is C15H13BrClFO. The van der Waals surface area contributed by atoms with E-state index in [4.69, 9.17) is 16.3 Å². The molecule has 0 aliphatic carbocycles. The largest absolute Gasteiger partial charge is 0.489 e. The summed E-state index contributed by atoms with van der Waals surface area (Å²) in [5.74, 6) is 0.419. The summed E-state index contributed by atoms with van der Waals surface area (Å²) in [6.45, 7) is 2.23. The minimum absolute atomic E-state index is 0.198. The van der Waals surface area contributed by atoms with Gasteiger partial charge >= 0.3 is 0 Å². The average Bonchev–Trinajstić information content (AvgIpc) is 2.39. The Morgan fingerprint density at radius 1 is 1.16 bits per heavy atom. The van der Waals surface area contributed by atoms with Crippen molar-refractivity contribution in [3.8, 4) is 5.75 Å². The molecular weight excluding hydrogens is 331 g/mol. The Morgan fingerprint density at radius 2 is 1.95 bits per heavy atom. The fourth-order valence-electron chi connectivity index (χ4n) is 1.71. The Hall–Kier alpha value is -1.06. The lowest BCUT2D eigenvalue weighted by atomic mass is 10.1. The summed E-state index contributed by atoms with van der Waals surface area (Å²) in [5.41, 5.74) is 1.55. The van der Waals surface area contributed by atoms with E-state index in [1.54, 1.807) is 24.3 Å². The van der Waals surface area contributed by atoms with Crippen LogP contribution in [0, 0.1) is 5.82 Å². The molecule has 0 amide bonds. The van der Waals surface area contributed by atoms with Crippen LogP contribution in [0.3, 0.4) is 0 Å². The molecule has 1 nitrogen and oxygen atoms in total. The maximum Gasteiger partial charge on any atom is 0.130 e. The van der Waals surface area contributed by atoms with E-state index in [2.05, 4.69) is 15.9 Å². The fraction of sp³-hybridized carbons (Fsp3) is 0.200. The monoisotopic (exact) mass is 342 g/mol. The molecule has 0 bridgehead atoms. The van der Waals surface area contributed by atoms with Crippen LogP contribution in [-0.4, -0.2) is 0 Å². The summed E-state index contributed by atoms with van der Waals surface area (Å²) >= 11 is 9.26. The molecule has 0 aromatic heterocycles. The van der Waals surface area contributed by atoms with E-state index in [1.807, 2.05) is 13.0 Å². The molecule has 2 aromatic carbocycles. The van der Waals surface area contributed by atoms with Crippen molar-refractivity contribution >= 4 is 27.5 Å². The first-order chi connectivity index (χ1) is 9.10. The van der Waals surface area contributed by atoms with Crippen LogP contribution in [0.4, 0.5) is 4.39 Å². The highest BCUT2D eigenvalue weighted by atomic mass is 79.9. The smallest absolute Gasteiger partial charge is 0.130 e. The van der Waals surface area contributed by atoms with E-state index >= 15 is 0 Å². The van der Waals surface area contributed by atoms with Crippen molar-refractivity contribution in [2.45, 2.75) is 20.0 Å². The average molecular weight is 344 g/mol. The van der Waals surface area contributed by atoms with E-state index in [1.165, 1.54) is 6.07 Å². The van der Waals surface area contributed by atoms with Gasteiger partial charge in [-0.2, -0.15) is 0 Å². The van der Waals surface area contributed by atoms with Crippen LogP contribution in [0.1, 0.15) is 18.1 Å². The van der Waals surface area contributed by atoms with Crippen molar-refractivity contribution in [3.05, 3.63) is 62.8 Å². The maximum absolute atomic E-state index is 13.6. The molecule has 0 unspecified atom stereocenters. The predicted molar refractivity (Wildman–Crippen MR) is 79.3 cm³/mol. The number of aryl methyl sites for hydroxylation is 1. The first kappa shape index (κ1) is 14.4. The number of rotatable bonds is 4. The molecule has 0 fully saturated rings. The maximum atomic E-state index is 13.6. The molecule has 0 saturated heterocycles. The van der Waals surface area contributed by atoms with E-state index in [0.29, 0.717) is 15.8 Å². The highest BCUT2D eigenvalue weighted by molar-refractivity contribution is 9.10. The number of hydrogen-bond acceptors (Lipinski definition) is 1. The van der Waals surface area contributed by atoms with E-state index < -0.39 is 0 Å². The van der Waals surface area contributed by atoms with Gasteiger partial charge in [-0.05, 0) is 42.3 Å². The van der Waals surface area contributed by atoms with Crippen molar-refractivity contribution in [1.82, 2.24) is 0 Å². The Bertz CT molecular complexity index is 586. The highest BCUT2D eigenvalue weighted by Crippen LogP contribution is 2.24. The summed E-state index contributed by atoms with van der Waals surface area (Å²) in [6, 6.07) is 10.4. The third kappa shape index (κ3) is 3.71. The van der Waals surface area contributed by atoms with Crippen molar-refractivity contribution in [1.29, 1.82) is 0 Å². The number of benzene rings is 2. The minimum atomic E-state index is -0.279. The van der Waals surface area contributed by atoms with Gasteiger partial charge in [0.1, 0.15) is 18.2 Å². The molecule has 100 valence electrons. The molecule has 0 spiro atoms. The van der Waals surface area contributed by atoms with Crippen LogP contribution in [0.25, 0.3) is 0 Å². The van der Waals surface area contributed by atoms with Gasteiger partial charge in [-0.1, -0.05) is 40.5 Å². The number of halogens is 3. The van der Waals surface area contributed by atoms with E-state index in [-0.39, 0.29) is 12.4 Å². The lowest BCUT2D eigenvalue weighted by molar-refractivity contribution is 0.299. The third-order valence-corrected chi connectivity index (χ3v) is 3.67. The Balaban J connectivity index is 2.10. The van der Waals surface area contributed by atoms with Gasteiger partial charge in [-0.15, -0.1) is 0 Å². The zero-order valence-electron chi connectivity index (χ0n) is 10.4. The molecule has 0 atom stereocenters. The second-order valence-electron chi connectivity index (χ2n) is 4.13. The topological polar surface area (TPSA) is 9.23 Å². The zero-order valence-corrected chi connectivity index (χ0v) is 12.8. The molecule has 0 aliphatic rings. The predicted octanol–water partition coefficient (Wildman–Crippen LogP) is 5.38. The van der Waals surface area contributed by atoms with Gasteiger partial charge in [0.25, 0.3) is 0 Å². The van der Waals surface area contributed by atoms with Gasteiger partial charge in [-0.3, -0.25) is 0 Å². The second kappa shape index (κ2) is 6.40. The molecule has 0 saturated carbocycles. The molecule has 0 N–H and O–H groups in total. The van der Waals surface area contributed by atoms with Crippen molar-refractivity contribution in [2.75, 3.05) is 0 Å². The molecule has 0 radical (unpaired) electrons. The summed E-state index contributed by atoms with van der Waals surface area (Å²) in [4.78, 5) is 0. The standard InChI is InChI=1S/C15H13BrClFO/c1-2-10-7-13(5-6-14(10)17)19-9-11-3-4-12(16)8-15(11)18/h3-8H,2,9H2,1H3. The molecule has 0 aliphatic heterocycles. The lowest BCUT2D eigenvalue weighted by Gasteiger charge is -2.09. The second-order valence-corrected chi connectivity index (χ2v) is 5.45. The molecule has 2 rings (SSSR count). The summed E-state index contributed by atoms with van der Waals surface area (Å²) in [7, 11) is 0. The van der Waals surface area contributed by atoms with Crippen LogP contribution < -0.4 is 4.74 Å². The summed E-state index contributed by atoms with van der Waals surface area (Å²) < 4.78 is 19.9. The lowest BCUT2D eigenvalue weighted by Crippen LogP contribution is -1.99. The first-order valence-electron chi connectivity index (χ1n) is 5.95. The summed E-state index contributed by atoms with van der Waals surface area (Å²) in [5, 5.41) is 0.727.